The lowest BCUT2D eigenvalue weighted by atomic mass is 10.4. The third-order valence-electron chi connectivity index (χ3n) is 2.06. The number of aromatic amines is 1. The number of rotatable bonds is 6. The van der Waals surface area contributed by atoms with Gasteiger partial charge in [0.2, 0.25) is 17.7 Å². The molecule has 18 heavy (non-hydrogen) atoms. The molecule has 9 nitrogen and oxygen atoms in total. The Morgan fingerprint density at radius 2 is 2.28 bits per heavy atom. The number of hydrogen-bond acceptors (Lipinski definition) is 6. The summed E-state index contributed by atoms with van der Waals surface area (Å²) in [4.78, 5) is 28.1. The van der Waals surface area contributed by atoms with Crippen LogP contribution in [0.1, 0.15) is 10.6 Å². The molecule has 1 aromatic heterocycles. The highest BCUT2D eigenvalue weighted by molar-refractivity contribution is 5.93. The van der Waals surface area contributed by atoms with Gasteiger partial charge in [-0.3, -0.25) is 14.7 Å². The molecule has 0 aliphatic carbocycles. The highest BCUT2D eigenvalue weighted by Crippen LogP contribution is 1.97. The molecular formula is C9H16N6O3. The number of nitrogens with zero attached hydrogens (tertiary/aromatic N) is 3. The number of carbonyl (C=O) groups excluding carboxylic acids is 2. The summed E-state index contributed by atoms with van der Waals surface area (Å²) >= 11 is 0. The number of carbonyl (C=O) groups is 2. The Hall–Kier alpha value is -2.16. The van der Waals surface area contributed by atoms with Crippen molar-refractivity contribution >= 4 is 17.8 Å². The molecule has 9 heteroatoms. The van der Waals surface area contributed by atoms with Gasteiger partial charge in [-0.15, -0.1) is 5.10 Å². The number of likely N-dealkylation sites (N-methyl/N-ethyl adjacent to an activating group) is 1. The van der Waals surface area contributed by atoms with Crippen LogP contribution in [0.5, 0.6) is 0 Å². The standard InChI is InChI=1S/C9H16N6O3/c1-15(5-6(16)11-3-4-18-2)8(17)7-12-9(10)14-13-7/h3-5H2,1-2H3,(H,11,16)(H3,10,12,13,14). The van der Waals surface area contributed by atoms with Crippen molar-refractivity contribution in [3.63, 3.8) is 0 Å². The number of aromatic nitrogens is 3. The van der Waals surface area contributed by atoms with E-state index in [0.29, 0.717) is 13.2 Å². The molecule has 0 aliphatic rings. The van der Waals surface area contributed by atoms with E-state index in [1.54, 1.807) is 0 Å². The number of nitrogens with two attached hydrogens (primary N) is 1. The van der Waals surface area contributed by atoms with Crippen LogP contribution < -0.4 is 11.1 Å². The topological polar surface area (TPSA) is 126 Å². The van der Waals surface area contributed by atoms with Crippen LogP contribution in [0.4, 0.5) is 5.95 Å². The Balaban J connectivity index is 2.42. The minimum absolute atomic E-state index is 0.000286. The molecular weight excluding hydrogens is 240 g/mol. The zero-order valence-corrected chi connectivity index (χ0v) is 10.3. The van der Waals surface area contributed by atoms with Gasteiger partial charge < -0.3 is 20.7 Å². The number of methoxy groups -OCH3 is 1. The Bertz CT molecular complexity index is 418. The molecule has 0 aliphatic heterocycles. The molecule has 1 aromatic rings. The summed E-state index contributed by atoms with van der Waals surface area (Å²) in [5, 5.41) is 8.52. The molecule has 0 aromatic carbocycles. The van der Waals surface area contributed by atoms with Crippen molar-refractivity contribution in [1.29, 1.82) is 0 Å². The molecule has 4 N–H and O–H groups in total. The van der Waals surface area contributed by atoms with Crippen LogP contribution in [0.2, 0.25) is 0 Å². The van der Waals surface area contributed by atoms with E-state index in [1.165, 1.54) is 19.1 Å². The monoisotopic (exact) mass is 256 g/mol. The third-order valence-corrected chi connectivity index (χ3v) is 2.06. The largest absolute Gasteiger partial charge is 0.383 e. The van der Waals surface area contributed by atoms with Crippen molar-refractivity contribution in [2.45, 2.75) is 0 Å². The van der Waals surface area contributed by atoms with Gasteiger partial charge in [-0.25, -0.2) is 0 Å². The predicted molar refractivity (Wildman–Crippen MR) is 62.6 cm³/mol. The molecule has 2 amide bonds. The van der Waals surface area contributed by atoms with E-state index in [-0.39, 0.29) is 24.2 Å². The van der Waals surface area contributed by atoms with E-state index in [1.807, 2.05) is 0 Å². The molecule has 0 atom stereocenters. The average molecular weight is 256 g/mol. The Morgan fingerprint density at radius 1 is 1.56 bits per heavy atom. The van der Waals surface area contributed by atoms with Gasteiger partial charge in [0.05, 0.1) is 13.2 Å². The third kappa shape index (κ3) is 4.01. The van der Waals surface area contributed by atoms with Crippen molar-refractivity contribution in [3.8, 4) is 0 Å². The molecule has 100 valence electrons. The number of hydrogen-bond donors (Lipinski definition) is 3. The first-order valence-corrected chi connectivity index (χ1v) is 5.23. The van der Waals surface area contributed by atoms with Crippen LogP contribution in [-0.2, 0) is 9.53 Å². The van der Waals surface area contributed by atoms with Crippen LogP contribution in [0.3, 0.4) is 0 Å². The lowest BCUT2D eigenvalue weighted by molar-refractivity contribution is -0.121. The number of nitrogens with one attached hydrogen (secondary N) is 2. The molecule has 0 saturated heterocycles. The second-order valence-electron chi connectivity index (χ2n) is 3.55. The van der Waals surface area contributed by atoms with E-state index in [2.05, 4.69) is 20.5 Å². The molecule has 0 fully saturated rings. The van der Waals surface area contributed by atoms with E-state index in [9.17, 15) is 9.59 Å². The van der Waals surface area contributed by atoms with Gasteiger partial charge in [-0.2, -0.15) is 4.98 Å². The molecule has 0 spiro atoms. The molecule has 0 saturated carbocycles. The number of anilines is 1. The maximum absolute atomic E-state index is 11.8. The lowest BCUT2D eigenvalue weighted by Gasteiger charge is -2.14. The second-order valence-corrected chi connectivity index (χ2v) is 3.55. The van der Waals surface area contributed by atoms with Crippen LogP contribution >= 0.6 is 0 Å². The average Bonchev–Trinajstić information content (AvgIpc) is 2.75. The van der Waals surface area contributed by atoms with Crippen molar-refractivity contribution < 1.29 is 14.3 Å². The maximum atomic E-state index is 11.8. The summed E-state index contributed by atoms with van der Waals surface area (Å²) < 4.78 is 4.78. The van der Waals surface area contributed by atoms with Gasteiger partial charge in [0.25, 0.3) is 5.91 Å². The quantitative estimate of drug-likeness (QED) is 0.517. The Kier molecular flexibility index (Phi) is 5.06. The fourth-order valence-corrected chi connectivity index (χ4v) is 1.19. The van der Waals surface area contributed by atoms with E-state index >= 15 is 0 Å². The van der Waals surface area contributed by atoms with Gasteiger partial charge in [-0.05, 0) is 0 Å². The first-order chi connectivity index (χ1) is 8.54. The summed E-state index contributed by atoms with van der Waals surface area (Å²) in [5.41, 5.74) is 5.28. The van der Waals surface area contributed by atoms with Gasteiger partial charge in [0, 0.05) is 20.7 Å². The first-order valence-electron chi connectivity index (χ1n) is 5.23. The van der Waals surface area contributed by atoms with Gasteiger partial charge in [0.15, 0.2) is 0 Å². The van der Waals surface area contributed by atoms with Crippen LogP contribution in [0.25, 0.3) is 0 Å². The summed E-state index contributed by atoms with van der Waals surface area (Å²) in [6.07, 6.45) is 0. The molecule has 0 bridgehead atoms. The Morgan fingerprint density at radius 3 is 2.83 bits per heavy atom. The van der Waals surface area contributed by atoms with E-state index in [4.69, 9.17) is 10.5 Å². The predicted octanol–water partition coefficient (Wildman–Crippen LogP) is -1.78. The number of H-pyrrole nitrogens is 1. The SMILES string of the molecule is COCCNC(=O)CN(C)C(=O)c1nc(N)n[nH]1. The van der Waals surface area contributed by atoms with Gasteiger partial charge in [-0.1, -0.05) is 0 Å². The first kappa shape index (κ1) is 13.9. The van der Waals surface area contributed by atoms with E-state index in [0.717, 1.165) is 0 Å². The van der Waals surface area contributed by atoms with Crippen LogP contribution in [0.15, 0.2) is 0 Å². The molecule has 1 heterocycles. The molecule has 0 radical (unpaired) electrons. The maximum Gasteiger partial charge on any atom is 0.291 e. The van der Waals surface area contributed by atoms with Crippen molar-refractivity contribution in [1.82, 2.24) is 25.4 Å². The summed E-state index contributed by atoms with van der Waals surface area (Å²) in [7, 11) is 3.02. The summed E-state index contributed by atoms with van der Waals surface area (Å²) in [6, 6.07) is 0. The minimum atomic E-state index is -0.457. The lowest BCUT2D eigenvalue weighted by Crippen LogP contribution is -2.39. The van der Waals surface area contributed by atoms with Gasteiger partial charge in [0.1, 0.15) is 0 Å². The fourth-order valence-electron chi connectivity index (χ4n) is 1.19. The van der Waals surface area contributed by atoms with Crippen LogP contribution in [-0.4, -0.2) is 65.7 Å². The zero-order chi connectivity index (χ0) is 13.5. The second kappa shape index (κ2) is 6.55. The van der Waals surface area contributed by atoms with Crippen LogP contribution in [0, 0.1) is 0 Å². The fraction of sp³-hybridized carbons (Fsp3) is 0.556. The van der Waals surface area contributed by atoms with Crippen molar-refractivity contribution in [2.75, 3.05) is 39.6 Å². The number of nitrogen functional groups attached to an aromatic ring is 1. The van der Waals surface area contributed by atoms with E-state index < -0.39 is 5.91 Å². The summed E-state index contributed by atoms with van der Waals surface area (Å²) in [5.74, 6) is -0.757. The minimum Gasteiger partial charge on any atom is -0.383 e. The van der Waals surface area contributed by atoms with Crippen molar-refractivity contribution in [2.24, 2.45) is 0 Å². The normalized spacial score (nSPS) is 10.1. The van der Waals surface area contributed by atoms with Crippen molar-refractivity contribution in [3.05, 3.63) is 5.82 Å². The summed E-state index contributed by atoms with van der Waals surface area (Å²) in [6.45, 7) is 0.734. The highest BCUT2D eigenvalue weighted by atomic mass is 16.5. The highest BCUT2D eigenvalue weighted by Gasteiger charge is 2.17. The molecule has 0 unspecified atom stereocenters. The smallest absolute Gasteiger partial charge is 0.291 e. The zero-order valence-electron chi connectivity index (χ0n) is 10.3. The Labute approximate surface area is 104 Å². The van der Waals surface area contributed by atoms with Gasteiger partial charge >= 0.3 is 0 Å². The number of amides is 2. The number of ether oxygens (including phenoxy) is 1. The molecule has 1 rings (SSSR count).